The van der Waals surface area contributed by atoms with Gasteiger partial charge in [-0.25, -0.2) is 0 Å². The third kappa shape index (κ3) is 4.66. The first-order valence-electron chi connectivity index (χ1n) is 8.26. The third-order valence-corrected chi connectivity index (χ3v) is 3.80. The van der Waals surface area contributed by atoms with Gasteiger partial charge < -0.3 is 14.5 Å². The number of nitrogens with one attached hydrogen (secondary N) is 3. The fourth-order valence-corrected chi connectivity index (χ4v) is 2.39. The van der Waals surface area contributed by atoms with E-state index in [0.29, 0.717) is 29.4 Å². The average Bonchev–Trinajstić information content (AvgIpc) is 3.26. The van der Waals surface area contributed by atoms with Crippen LogP contribution in [0.4, 0.5) is 0 Å². The lowest BCUT2D eigenvalue weighted by Crippen LogP contribution is -2.41. The molecule has 3 N–H and O–H groups in total. The quantitative estimate of drug-likeness (QED) is 0.586. The standard InChI is InChI=1S/C20H19N3O4/c1-26-18-12-15(19(24)22-23-20(25)16-8-5-11-21-16)9-10-17(18)27-13-14-6-3-2-4-7-14/h2-12,21H,13H2,1H3,(H,22,24)(H,23,25). The predicted molar refractivity (Wildman–Crippen MR) is 99.5 cm³/mol. The van der Waals surface area contributed by atoms with Crippen LogP contribution in [0.25, 0.3) is 0 Å². The van der Waals surface area contributed by atoms with Gasteiger partial charge in [0.1, 0.15) is 12.3 Å². The van der Waals surface area contributed by atoms with Crippen molar-refractivity contribution in [2.24, 2.45) is 0 Å². The Kier molecular flexibility index (Phi) is 5.73. The highest BCUT2D eigenvalue weighted by molar-refractivity contribution is 5.98. The summed E-state index contributed by atoms with van der Waals surface area (Å²) < 4.78 is 11.1. The van der Waals surface area contributed by atoms with Crippen molar-refractivity contribution < 1.29 is 19.1 Å². The highest BCUT2D eigenvalue weighted by atomic mass is 16.5. The van der Waals surface area contributed by atoms with E-state index in [2.05, 4.69) is 15.8 Å². The Balaban J connectivity index is 1.62. The maximum Gasteiger partial charge on any atom is 0.286 e. The molecular formula is C20H19N3O4. The number of carbonyl (C=O) groups is 2. The highest BCUT2D eigenvalue weighted by Crippen LogP contribution is 2.28. The van der Waals surface area contributed by atoms with Gasteiger partial charge in [-0.1, -0.05) is 30.3 Å². The van der Waals surface area contributed by atoms with Gasteiger partial charge in [0.15, 0.2) is 11.5 Å². The van der Waals surface area contributed by atoms with Gasteiger partial charge in [0.25, 0.3) is 11.8 Å². The molecule has 0 bridgehead atoms. The number of rotatable bonds is 6. The van der Waals surface area contributed by atoms with E-state index >= 15 is 0 Å². The van der Waals surface area contributed by atoms with Gasteiger partial charge in [-0.15, -0.1) is 0 Å². The molecule has 138 valence electrons. The number of carbonyl (C=O) groups excluding carboxylic acids is 2. The topological polar surface area (TPSA) is 92.5 Å². The van der Waals surface area contributed by atoms with Gasteiger partial charge in [0.05, 0.1) is 7.11 Å². The van der Waals surface area contributed by atoms with Crippen molar-refractivity contribution >= 4 is 11.8 Å². The number of hydrogen-bond donors (Lipinski definition) is 3. The smallest absolute Gasteiger partial charge is 0.286 e. The van der Waals surface area contributed by atoms with E-state index in [1.807, 2.05) is 30.3 Å². The van der Waals surface area contributed by atoms with Gasteiger partial charge in [0.2, 0.25) is 0 Å². The van der Waals surface area contributed by atoms with E-state index in [1.165, 1.54) is 7.11 Å². The van der Waals surface area contributed by atoms with Crippen LogP contribution >= 0.6 is 0 Å². The second kappa shape index (κ2) is 8.57. The minimum Gasteiger partial charge on any atom is -0.493 e. The summed E-state index contributed by atoms with van der Waals surface area (Å²) in [6.45, 7) is 0.384. The van der Waals surface area contributed by atoms with Gasteiger partial charge >= 0.3 is 0 Å². The largest absolute Gasteiger partial charge is 0.493 e. The van der Waals surface area contributed by atoms with Crippen molar-refractivity contribution in [3.05, 3.63) is 83.7 Å². The molecule has 0 fully saturated rings. The maximum atomic E-state index is 12.2. The summed E-state index contributed by atoms with van der Waals surface area (Å²) >= 11 is 0. The number of benzene rings is 2. The van der Waals surface area contributed by atoms with Crippen LogP contribution in [0.1, 0.15) is 26.4 Å². The van der Waals surface area contributed by atoms with Crippen LogP contribution < -0.4 is 20.3 Å². The second-order valence-corrected chi connectivity index (χ2v) is 5.63. The van der Waals surface area contributed by atoms with Crippen molar-refractivity contribution in [3.8, 4) is 11.5 Å². The van der Waals surface area contributed by atoms with Crippen LogP contribution in [0, 0.1) is 0 Å². The monoisotopic (exact) mass is 365 g/mol. The molecule has 0 aliphatic heterocycles. The minimum absolute atomic E-state index is 0.325. The summed E-state index contributed by atoms with van der Waals surface area (Å²) in [7, 11) is 1.50. The Morgan fingerprint density at radius 3 is 2.41 bits per heavy atom. The van der Waals surface area contributed by atoms with Crippen LogP contribution in [0.15, 0.2) is 66.9 Å². The van der Waals surface area contributed by atoms with Crippen LogP contribution in [0.5, 0.6) is 11.5 Å². The molecule has 2 aromatic carbocycles. The first-order valence-corrected chi connectivity index (χ1v) is 8.26. The van der Waals surface area contributed by atoms with E-state index in [1.54, 1.807) is 36.5 Å². The zero-order valence-corrected chi connectivity index (χ0v) is 14.7. The fraction of sp³-hybridized carbons (Fsp3) is 0.100. The Morgan fingerprint density at radius 1 is 0.926 bits per heavy atom. The summed E-state index contributed by atoms with van der Waals surface area (Å²) in [5, 5.41) is 0. The van der Waals surface area contributed by atoms with E-state index in [-0.39, 0.29) is 0 Å². The molecule has 27 heavy (non-hydrogen) atoms. The summed E-state index contributed by atoms with van der Waals surface area (Å²) in [5.74, 6) is 0.0357. The molecule has 0 spiro atoms. The summed E-state index contributed by atoms with van der Waals surface area (Å²) in [4.78, 5) is 26.8. The number of aromatic amines is 1. The van der Waals surface area contributed by atoms with Gasteiger partial charge in [0, 0.05) is 11.8 Å². The molecule has 0 saturated carbocycles. The molecule has 3 rings (SSSR count). The Bertz CT molecular complexity index is 908. The number of amides is 2. The molecule has 7 nitrogen and oxygen atoms in total. The molecule has 0 aliphatic carbocycles. The fourth-order valence-electron chi connectivity index (χ4n) is 2.39. The molecule has 1 aromatic heterocycles. The van der Waals surface area contributed by atoms with Crippen molar-refractivity contribution in [1.82, 2.24) is 15.8 Å². The lowest BCUT2D eigenvalue weighted by Gasteiger charge is -2.12. The van der Waals surface area contributed by atoms with Crippen molar-refractivity contribution in [2.75, 3.05) is 7.11 Å². The number of methoxy groups -OCH3 is 1. The minimum atomic E-state index is -0.470. The molecule has 1 heterocycles. The molecule has 0 atom stereocenters. The summed E-state index contributed by atoms with van der Waals surface area (Å²) in [5.41, 5.74) is 6.39. The molecule has 0 saturated heterocycles. The lowest BCUT2D eigenvalue weighted by molar-refractivity contribution is 0.0844. The van der Waals surface area contributed by atoms with Gasteiger partial charge in [-0.2, -0.15) is 0 Å². The van der Waals surface area contributed by atoms with Crippen LogP contribution in [0.2, 0.25) is 0 Å². The SMILES string of the molecule is COc1cc(C(=O)NNC(=O)c2ccc[nH]2)ccc1OCc1ccccc1. The molecule has 2 amide bonds. The molecule has 3 aromatic rings. The van der Waals surface area contributed by atoms with E-state index in [0.717, 1.165) is 5.56 Å². The van der Waals surface area contributed by atoms with E-state index < -0.39 is 11.8 Å². The van der Waals surface area contributed by atoms with Crippen molar-refractivity contribution in [3.63, 3.8) is 0 Å². The van der Waals surface area contributed by atoms with Crippen LogP contribution in [0.3, 0.4) is 0 Å². The third-order valence-electron chi connectivity index (χ3n) is 3.80. The Labute approximate surface area is 156 Å². The predicted octanol–water partition coefficient (Wildman–Crippen LogP) is 2.68. The van der Waals surface area contributed by atoms with E-state index in [4.69, 9.17) is 9.47 Å². The van der Waals surface area contributed by atoms with E-state index in [9.17, 15) is 9.59 Å². The summed E-state index contributed by atoms with van der Waals surface area (Å²) in [6.07, 6.45) is 1.62. The molecule has 0 radical (unpaired) electrons. The van der Waals surface area contributed by atoms with Crippen LogP contribution in [-0.2, 0) is 6.61 Å². The molecule has 0 unspecified atom stereocenters. The second-order valence-electron chi connectivity index (χ2n) is 5.63. The number of ether oxygens (including phenoxy) is 2. The molecule has 0 aliphatic rings. The van der Waals surface area contributed by atoms with Crippen molar-refractivity contribution in [2.45, 2.75) is 6.61 Å². The lowest BCUT2D eigenvalue weighted by atomic mass is 10.2. The Morgan fingerprint density at radius 2 is 1.70 bits per heavy atom. The zero-order valence-electron chi connectivity index (χ0n) is 14.7. The number of H-pyrrole nitrogens is 1. The molecule has 7 heteroatoms. The van der Waals surface area contributed by atoms with Gasteiger partial charge in [-0.05, 0) is 35.9 Å². The number of hydrazine groups is 1. The first-order chi connectivity index (χ1) is 13.2. The highest BCUT2D eigenvalue weighted by Gasteiger charge is 2.13. The molecular weight excluding hydrogens is 346 g/mol. The van der Waals surface area contributed by atoms with Gasteiger partial charge in [-0.3, -0.25) is 20.4 Å². The average molecular weight is 365 g/mol. The number of aromatic nitrogens is 1. The van der Waals surface area contributed by atoms with Crippen LogP contribution in [-0.4, -0.2) is 23.9 Å². The maximum absolute atomic E-state index is 12.2. The Hall–Kier alpha value is -3.74. The first kappa shape index (κ1) is 18.1. The number of hydrogen-bond acceptors (Lipinski definition) is 4. The summed E-state index contributed by atoms with van der Waals surface area (Å²) in [6, 6.07) is 17.8. The normalized spacial score (nSPS) is 10.1. The zero-order chi connectivity index (χ0) is 19.1. The van der Waals surface area contributed by atoms with Crippen molar-refractivity contribution in [1.29, 1.82) is 0 Å².